The Morgan fingerprint density at radius 1 is 1.03 bits per heavy atom. The van der Waals surface area contributed by atoms with E-state index in [1.54, 1.807) is 24.3 Å². The van der Waals surface area contributed by atoms with E-state index in [1.807, 2.05) is 48.5 Å². The van der Waals surface area contributed by atoms with Crippen molar-refractivity contribution in [3.63, 3.8) is 0 Å². The van der Waals surface area contributed by atoms with Crippen LogP contribution in [0.2, 0.25) is 5.02 Å². The Morgan fingerprint density at radius 3 is 2.55 bits per heavy atom. The maximum absolute atomic E-state index is 13.4. The number of amides is 3. The standard InChI is InChI=1S/C25H25ClN4O3/c1-28-24(32)30(16-18-5-4-12-27-15-18)23(31)25(28)10-13-29(14-11-25)17-19-8-9-22(33-19)20-6-2-3-7-21(20)26/h2-9,12,15H,10-11,13-14,16-17H2,1H3. The average Bonchev–Trinajstić information content (AvgIpc) is 3.36. The highest BCUT2D eigenvalue weighted by atomic mass is 35.5. The predicted octanol–water partition coefficient (Wildman–Crippen LogP) is 4.42. The number of likely N-dealkylation sites (N-methyl/N-ethyl adjacent to an activating group) is 1. The van der Waals surface area contributed by atoms with Crippen molar-refractivity contribution in [2.24, 2.45) is 0 Å². The van der Waals surface area contributed by atoms with Gasteiger partial charge in [-0.3, -0.25) is 19.6 Å². The molecule has 3 amide bonds. The van der Waals surface area contributed by atoms with Gasteiger partial charge < -0.3 is 9.32 Å². The van der Waals surface area contributed by atoms with E-state index in [0.29, 0.717) is 37.5 Å². The summed E-state index contributed by atoms with van der Waals surface area (Å²) in [4.78, 5) is 35.6. The Morgan fingerprint density at radius 2 is 1.82 bits per heavy atom. The van der Waals surface area contributed by atoms with Crippen molar-refractivity contribution in [3.8, 4) is 11.3 Å². The van der Waals surface area contributed by atoms with Gasteiger partial charge in [-0.25, -0.2) is 4.79 Å². The van der Waals surface area contributed by atoms with Crippen LogP contribution in [0.1, 0.15) is 24.2 Å². The highest BCUT2D eigenvalue weighted by molar-refractivity contribution is 6.33. The molecule has 3 aromatic rings. The number of hydrogen-bond acceptors (Lipinski definition) is 5. The fourth-order valence-corrected chi connectivity index (χ4v) is 5.01. The first kappa shape index (κ1) is 21.7. The lowest BCUT2D eigenvalue weighted by Gasteiger charge is -2.40. The molecule has 1 aromatic carbocycles. The van der Waals surface area contributed by atoms with E-state index in [2.05, 4.69) is 9.88 Å². The third-order valence-electron chi connectivity index (χ3n) is 6.73. The number of likely N-dealkylation sites (tertiary alicyclic amines) is 1. The smallest absolute Gasteiger partial charge is 0.327 e. The zero-order valence-corrected chi connectivity index (χ0v) is 19.2. The first-order valence-corrected chi connectivity index (χ1v) is 11.4. The molecule has 0 bridgehead atoms. The molecule has 0 atom stereocenters. The number of furan rings is 1. The Kier molecular flexibility index (Phi) is 5.68. The molecule has 0 N–H and O–H groups in total. The number of rotatable bonds is 5. The summed E-state index contributed by atoms with van der Waals surface area (Å²) in [5.41, 5.74) is 0.935. The van der Waals surface area contributed by atoms with Gasteiger partial charge in [-0.05, 0) is 48.7 Å². The highest BCUT2D eigenvalue weighted by Crippen LogP contribution is 2.37. The molecule has 2 aliphatic heterocycles. The maximum atomic E-state index is 13.4. The van der Waals surface area contributed by atoms with Crippen molar-refractivity contribution >= 4 is 23.5 Å². The number of imide groups is 1. The van der Waals surface area contributed by atoms with Gasteiger partial charge in [-0.1, -0.05) is 29.8 Å². The van der Waals surface area contributed by atoms with Gasteiger partial charge in [0.05, 0.1) is 18.1 Å². The van der Waals surface area contributed by atoms with E-state index in [0.717, 1.165) is 22.6 Å². The van der Waals surface area contributed by atoms with Gasteiger partial charge in [0.25, 0.3) is 5.91 Å². The zero-order chi connectivity index (χ0) is 23.0. The molecule has 8 heteroatoms. The number of pyridine rings is 1. The largest absolute Gasteiger partial charge is 0.460 e. The SMILES string of the molecule is CN1C(=O)N(Cc2cccnc2)C(=O)C12CCN(Cc1ccc(-c3ccccc3Cl)o1)CC2. The van der Waals surface area contributed by atoms with Crippen LogP contribution in [0.4, 0.5) is 4.79 Å². The molecular weight excluding hydrogens is 440 g/mol. The van der Waals surface area contributed by atoms with Gasteiger partial charge >= 0.3 is 6.03 Å². The molecule has 170 valence electrons. The second-order valence-corrected chi connectivity index (χ2v) is 9.05. The third kappa shape index (κ3) is 3.92. The minimum Gasteiger partial charge on any atom is -0.460 e. The van der Waals surface area contributed by atoms with Crippen LogP contribution in [0.15, 0.2) is 65.3 Å². The zero-order valence-electron chi connectivity index (χ0n) is 18.4. The summed E-state index contributed by atoms with van der Waals surface area (Å²) in [6.45, 7) is 2.29. The van der Waals surface area contributed by atoms with Crippen LogP contribution in [0, 0.1) is 0 Å². The van der Waals surface area contributed by atoms with E-state index >= 15 is 0 Å². The summed E-state index contributed by atoms with van der Waals surface area (Å²) >= 11 is 6.29. The molecule has 2 fully saturated rings. The second kappa shape index (κ2) is 8.65. The Balaban J connectivity index is 1.25. The lowest BCUT2D eigenvalue weighted by atomic mass is 9.86. The van der Waals surface area contributed by atoms with Crippen molar-refractivity contribution in [1.29, 1.82) is 0 Å². The van der Waals surface area contributed by atoms with Crippen molar-refractivity contribution in [1.82, 2.24) is 19.7 Å². The highest BCUT2D eigenvalue weighted by Gasteiger charge is 2.56. The molecule has 7 nitrogen and oxygen atoms in total. The quantitative estimate of drug-likeness (QED) is 0.522. The molecule has 1 spiro atoms. The van der Waals surface area contributed by atoms with E-state index in [4.69, 9.17) is 16.0 Å². The summed E-state index contributed by atoms with van der Waals surface area (Å²) < 4.78 is 6.04. The molecule has 5 rings (SSSR count). The first-order chi connectivity index (χ1) is 16.0. The summed E-state index contributed by atoms with van der Waals surface area (Å²) in [6.07, 6.45) is 4.55. The summed E-state index contributed by atoms with van der Waals surface area (Å²) in [5, 5.41) is 0.654. The van der Waals surface area contributed by atoms with Crippen molar-refractivity contribution < 1.29 is 14.0 Å². The molecule has 0 radical (unpaired) electrons. The Labute approximate surface area is 197 Å². The number of nitrogens with zero attached hydrogens (tertiary/aromatic N) is 4. The molecule has 0 saturated carbocycles. The molecule has 2 aromatic heterocycles. The number of halogens is 1. The summed E-state index contributed by atoms with van der Waals surface area (Å²) in [7, 11) is 1.74. The topological polar surface area (TPSA) is 69.9 Å². The predicted molar refractivity (Wildman–Crippen MR) is 124 cm³/mol. The van der Waals surface area contributed by atoms with Crippen LogP contribution in [0.3, 0.4) is 0 Å². The maximum Gasteiger partial charge on any atom is 0.327 e. The van der Waals surface area contributed by atoms with Gasteiger partial charge in [-0.2, -0.15) is 0 Å². The van der Waals surface area contributed by atoms with Crippen molar-refractivity contribution in [2.45, 2.75) is 31.5 Å². The fraction of sp³-hybridized carbons (Fsp3) is 0.320. The minimum absolute atomic E-state index is 0.113. The summed E-state index contributed by atoms with van der Waals surface area (Å²) in [5.74, 6) is 1.48. The van der Waals surface area contributed by atoms with E-state index in [-0.39, 0.29) is 18.5 Å². The van der Waals surface area contributed by atoms with Gasteiger partial charge in [0.15, 0.2) is 0 Å². The Bertz CT molecular complexity index is 1170. The fourth-order valence-electron chi connectivity index (χ4n) is 4.78. The number of benzene rings is 1. The molecule has 2 aliphatic rings. The molecule has 33 heavy (non-hydrogen) atoms. The lowest BCUT2D eigenvalue weighted by molar-refractivity contribution is -0.135. The molecule has 4 heterocycles. The van der Waals surface area contributed by atoms with Crippen LogP contribution >= 0.6 is 11.6 Å². The number of carbonyl (C=O) groups excluding carboxylic acids is 2. The monoisotopic (exact) mass is 464 g/mol. The second-order valence-electron chi connectivity index (χ2n) is 8.65. The van der Waals surface area contributed by atoms with Gasteiger partial charge in [0, 0.05) is 38.1 Å². The normalized spacial score (nSPS) is 18.5. The lowest BCUT2D eigenvalue weighted by Crippen LogP contribution is -2.55. The molecule has 0 aliphatic carbocycles. The minimum atomic E-state index is -0.776. The summed E-state index contributed by atoms with van der Waals surface area (Å²) in [6, 6.07) is 15.0. The van der Waals surface area contributed by atoms with E-state index in [9.17, 15) is 9.59 Å². The van der Waals surface area contributed by atoms with Crippen molar-refractivity contribution in [2.75, 3.05) is 20.1 Å². The van der Waals surface area contributed by atoms with Gasteiger partial charge in [0.2, 0.25) is 0 Å². The number of hydrogen-bond donors (Lipinski definition) is 0. The van der Waals surface area contributed by atoms with Crippen LogP contribution in [0.25, 0.3) is 11.3 Å². The van der Waals surface area contributed by atoms with E-state index < -0.39 is 5.54 Å². The van der Waals surface area contributed by atoms with Crippen LogP contribution < -0.4 is 0 Å². The molecular formula is C25H25ClN4O3. The van der Waals surface area contributed by atoms with Crippen LogP contribution in [-0.2, 0) is 17.9 Å². The molecule has 2 saturated heterocycles. The number of carbonyl (C=O) groups is 2. The van der Waals surface area contributed by atoms with Gasteiger partial charge in [-0.15, -0.1) is 0 Å². The van der Waals surface area contributed by atoms with Crippen molar-refractivity contribution in [3.05, 3.63) is 77.3 Å². The van der Waals surface area contributed by atoms with Gasteiger partial charge in [0.1, 0.15) is 17.1 Å². The number of aromatic nitrogens is 1. The third-order valence-corrected chi connectivity index (χ3v) is 7.06. The van der Waals surface area contributed by atoms with E-state index in [1.165, 1.54) is 4.90 Å². The molecule has 0 unspecified atom stereocenters. The van der Waals surface area contributed by atoms with Crippen LogP contribution in [0.5, 0.6) is 0 Å². The first-order valence-electron chi connectivity index (χ1n) is 11.0. The van der Waals surface area contributed by atoms with Crippen LogP contribution in [-0.4, -0.2) is 57.3 Å². The number of piperidine rings is 1. The average molecular weight is 465 g/mol. The number of urea groups is 1. The Hall–Kier alpha value is -3.16.